The Morgan fingerprint density at radius 3 is 2.71 bits per heavy atom. The molecule has 2 aliphatic heterocycles. The van der Waals surface area contributed by atoms with Crippen LogP contribution in [-0.2, 0) is 24.3 Å². The molecule has 1 aromatic heterocycles. The van der Waals surface area contributed by atoms with Crippen LogP contribution in [0.3, 0.4) is 0 Å². The van der Waals surface area contributed by atoms with Crippen LogP contribution in [0, 0.1) is 6.92 Å². The van der Waals surface area contributed by atoms with Crippen LogP contribution >= 0.6 is 0 Å². The molecule has 0 bridgehead atoms. The first-order valence-corrected chi connectivity index (χ1v) is 9.20. The van der Waals surface area contributed by atoms with Crippen LogP contribution in [-0.4, -0.2) is 47.0 Å². The standard InChI is InChI=1S/C20H27N3O/c1-15-6-7-18-16(12-15)17-13-21(2)11-8-19(17)23(18)14-20(24)22-9-4-3-5-10-22/h6-7,12H,3-5,8-11,13-14H2,1-2H3. The van der Waals surface area contributed by atoms with E-state index in [9.17, 15) is 4.79 Å². The zero-order valence-electron chi connectivity index (χ0n) is 14.8. The van der Waals surface area contributed by atoms with Crippen LogP contribution < -0.4 is 0 Å². The van der Waals surface area contributed by atoms with Gasteiger partial charge in [0.25, 0.3) is 0 Å². The van der Waals surface area contributed by atoms with E-state index in [1.54, 1.807) is 0 Å². The highest BCUT2D eigenvalue weighted by Gasteiger charge is 2.25. The van der Waals surface area contributed by atoms with Crippen molar-refractivity contribution in [3.63, 3.8) is 0 Å². The molecule has 0 aliphatic carbocycles. The maximum Gasteiger partial charge on any atom is 0.242 e. The zero-order chi connectivity index (χ0) is 16.7. The lowest BCUT2D eigenvalue weighted by molar-refractivity contribution is -0.132. The van der Waals surface area contributed by atoms with Crippen molar-refractivity contribution < 1.29 is 4.79 Å². The molecule has 0 atom stereocenters. The predicted octanol–water partition coefficient (Wildman–Crippen LogP) is 2.95. The lowest BCUT2D eigenvalue weighted by atomic mass is 10.0. The number of amides is 1. The molecule has 1 amide bonds. The fraction of sp³-hybridized carbons (Fsp3) is 0.550. The van der Waals surface area contributed by atoms with Gasteiger partial charge in [0.2, 0.25) is 5.91 Å². The maximum atomic E-state index is 12.8. The number of likely N-dealkylation sites (N-methyl/N-ethyl adjacent to an activating group) is 1. The van der Waals surface area contributed by atoms with Gasteiger partial charge in [0.15, 0.2) is 0 Å². The van der Waals surface area contributed by atoms with Gasteiger partial charge in [-0.25, -0.2) is 0 Å². The zero-order valence-corrected chi connectivity index (χ0v) is 14.8. The van der Waals surface area contributed by atoms with Crippen LogP contribution in [0.1, 0.15) is 36.1 Å². The summed E-state index contributed by atoms with van der Waals surface area (Å²) in [4.78, 5) is 17.3. The minimum atomic E-state index is 0.286. The number of nitrogens with zero attached hydrogens (tertiary/aromatic N) is 3. The maximum absolute atomic E-state index is 12.8. The number of benzene rings is 1. The molecular weight excluding hydrogens is 298 g/mol. The second-order valence-electron chi connectivity index (χ2n) is 7.46. The summed E-state index contributed by atoms with van der Waals surface area (Å²) in [6.45, 7) is 6.57. The van der Waals surface area contributed by atoms with Gasteiger partial charge in [0, 0.05) is 49.2 Å². The number of carbonyl (C=O) groups excluding carboxylic acids is 1. The molecule has 128 valence electrons. The summed E-state index contributed by atoms with van der Waals surface area (Å²) in [5, 5.41) is 1.34. The Bertz CT molecular complexity index is 771. The second-order valence-corrected chi connectivity index (χ2v) is 7.46. The predicted molar refractivity (Wildman–Crippen MR) is 97.1 cm³/mol. The summed E-state index contributed by atoms with van der Waals surface area (Å²) in [7, 11) is 2.18. The molecule has 1 fully saturated rings. The van der Waals surface area contributed by atoms with E-state index in [2.05, 4.69) is 46.5 Å². The first-order chi connectivity index (χ1) is 11.6. The minimum absolute atomic E-state index is 0.286. The Balaban J connectivity index is 1.73. The molecule has 2 aromatic rings. The van der Waals surface area contributed by atoms with E-state index in [1.807, 2.05) is 0 Å². The average molecular weight is 325 g/mol. The van der Waals surface area contributed by atoms with Gasteiger partial charge in [-0.2, -0.15) is 0 Å². The number of piperidine rings is 1. The average Bonchev–Trinajstić information content (AvgIpc) is 2.88. The fourth-order valence-electron chi connectivity index (χ4n) is 4.26. The molecule has 3 heterocycles. The van der Waals surface area contributed by atoms with Crippen molar-refractivity contribution in [1.82, 2.24) is 14.4 Å². The highest BCUT2D eigenvalue weighted by atomic mass is 16.2. The number of hydrogen-bond donors (Lipinski definition) is 0. The van der Waals surface area contributed by atoms with Gasteiger partial charge in [-0.3, -0.25) is 4.79 Å². The highest BCUT2D eigenvalue weighted by molar-refractivity contribution is 5.88. The molecule has 4 nitrogen and oxygen atoms in total. The van der Waals surface area contributed by atoms with Crippen molar-refractivity contribution in [3.8, 4) is 0 Å². The smallest absolute Gasteiger partial charge is 0.242 e. The van der Waals surface area contributed by atoms with Crippen LogP contribution in [0.15, 0.2) is 18.2 Å². The van der Waals surface area contributed by atoms with Crippen molar-refractivity contribution in [2.75, 3.05) is 26.7 Å². The summed E-state index contributed by atoms with van der Waals surface area (Å²) in [5.41, 5.74) is 5.32. The topological polar surface area (TPSA) is 28.5 Å². The van der Waals surface area contributed by atoms with Crippen molar-refractivity contribution in [3.05, 3.63) is 35.0 Å². The summed E-state index contributed by atoms with van der Waals surface area (Å²) < 4.78 is 2.30. The molecule has 0 unspecified atom stereocenters. The van der Waals surface area contributed by atoms with Crippen LogP contribution in [0.5, 0.6) is 0 Å². The number of carbonyl (C=O) groups is 1. The van der Waals surface area contributed by atoms with E-state index in [4.69, 9.17) is 0 Å². The van der Waals surface area contributed by atoms with Crippen LogP contribution in [0.2, 0.25) is 0 Å². The Morgan fingerprint density at radius 2 is 1.92 bits per heavy atom. The van der Waals surface area contributed by atoms with E-state index < -0.39 is 0 Å². The van der Waals surface area contributed by atoms with Gasteiger partial charge < -0.3 is 14.4 Å². The number of fused-ring (bicyclic) bond motifs is 3. The molecule has 1 aromatic carbocycles. The monoisotopic (exact) mass is 325 g/mol. The molecule has 4 rings (SSSR count). The van der Waals surface area contributed by atoms with Crippen LogP contribution in [0.25, 0.3) is 10.9 Å². The summed E-state index contributed by atoms with van der Waals surface area (Å²) in [5.74, 6) is 0.286. The molecular formula is C20H27N3O. The van der Waals surface area contributed by atoms with E-state index >= 15 is 0 Å². The van der Waals surface area contributed by atoms with E-state index in [-0.39, 0.29) is 5.91 Å². The van der Waals surface area contributed by atoms with Crippen molar-refractivity contribution in [1.29, 1.82) is 0 Å². The quantitative estimate of drug-likeness (QED) is 0.849. The van der Waals surface area contributed by atoms with E-state index in [0.29, 0.717) is 6.54 Å². The molecule has 2 aliphatic rings. The molecule has 1 saturated heterocycles. The van der Waals surface area contributed by atoms with Gasteiger partial charge in [0.05, 0.1) is 0 Å². The van der Waals surface area contributed by atoms with Gasteiger partial charge in [-0.15, -0.1) is 0 Å². The molecule has 0 radical (unpaired) electrons. The number of aryl methyl sites for hydroxylation is 1. The highest BCUT2D eigenvalue weighted by Crippen LogP contribution is 2.31. The summed E-state index contributed by atoms with van der Waals surface area (Å²) >= 11 is 0. The first-order valence-electron chi connectivity index (χ1n) is 9.20. The minimum Gasteiger partial charge on any atom is -0.341 e. The molecule has 0 saturated carbocycles. The lowest BCUT2D eigenvalue weighted by Gasteiger charge is -2.28. The van der Waals surface area contributed by atoms with Crippen molar-refractivity contribution in [2.45, 2.75) is 45.7 Å². The number of rotatable bonds is 2. The largest absolute Gasteiger partial charge is 0.341 e. The summed E-state index contributed by atoms with van der Waals surface area (Å²) in [6.07, 6.45) is 4.60. The lowest BCUT2D eigenvalue weighted by Crippen LogP contribution is -2.38. The van der Waals surface area contributed by atoms with Gasteiger partial charge >= 0.3 is 0 Å². The molecule has 4 heteroatoms. The Hall–Kier alpha value is -1.81. The Labute approximate surface area is 144 Å². The van der Waals surface area contributed by atoms with Gasteiger partial charge in [-0.05, 0) is 50.9 Å². The third kappa shape index (κ3) is 2.73. The molecule has 24 heavy (non-hydrogen) atoms. The van der Waals surface area contributed by atoms with Crippen molar-refractivity contribution >= 4 is 16.8 Å². The van der Waals surface area contributed by atoms with Gasteiger partial charge in [-0.1, -0.05) is 11.6 Å². The number of aromatic nitrogens is 1. The van der Waals surface area contributed by atoms with E-state index in [1.165, 1.54) is 34.1 Å². The Kier molecular flexibility index (Phi) is 4.09. The molecule has 0 N–H and O–H groups in total. The van der Waals surface area contributed by atoms with E-state index in [0.717, 1.165) is 45.4 Å². The first kappa shape index (κ1) is 15.7. The number of likely N-dealkylation sites (tertiary alicyclic amines) is 1. The molecule has 0 spiro atoms. The summed E-state index contributed by atoms with van der Waals surface area (Å²) in [6, 6.07) is 6.65. The van der Waals surface area contributed by atoms with Crippen LogP contribution in [0.4, 0.5) is 0 Å². The van der Waals surface area contributed by atoms with Crippen molar-refractivity contribution in [2.24, 2.45) is 0 Å². The second kappa shape index (κ2) is 6.25. The third-order valence-electron chi connectivity index (χ3n) is 5.60. The van der Waals surface area contributed by atoms with Gasteiger partial charge in [0.1, 0.15) is 6.54 Å². The Morgan fingerprint density at radius 1 is 1.12 bits per heavy atom. The number of hydrogen-bond acceptors (Lipinski definition) is 2. The normalized spacial score (nSPS) is 18.8. The SMILES string of the molecule is Cc1ccc2c(c1)c1c(n2CC(=O)N2CCCCC2)CCN(C)C1. The fourth-order valence-corrected chi connectivity index (χ4v) is 4.26. The third-order valence-corrected chi connectivity index (χ3v) is 5.60.